The van der Waals surface area contributed by atoms with Gasteiger partial charge in [0.1, 0.15) is 0 Å². The second kappa shape index (κ2) is 4.23. The van der Waals surface area contributed by atoms with Crippen LogP contribution in [0.5, 0.6) is 0 Å². The highest BCUT2D eigenvalue weighted by Gasteiger charge is 1.88. The maximum atomic E-state index is 4.22. The van der Waals surface area contributed by atoms with Crippen molar-refractivity contribution in [1.29, 1.82) is 0 Å². The maximum absolute atomic E-state index is 4.22. The van der Waals surface area contributed by atoms with Crippen LogP contribution in [0, 0.1) is 6.92 Å². The van der Waals surface area contributed by atoms with Gasteiger partial charge in [0, 0.05) is 11.9 Å². The summed E-state index contributed by atoms with van der Waals surface area (Å²) in [6.45, 7) is 2.83. The third-order valence-electron chi connectivity index (χ3n) is 1.34. The lowest BCUT2D eigenvalue weighted by Crippen LogP contribution is -1.95. The van der Waals surface area contributed by atoms with Crippen molar-refractivity contribution in [2.45, 2.75) is 13.5 Å². The van der Waals surface area contributed by atoms with Gasteiger partial charge in [-0.2, -0.15) is 17.7 Å². The molecule has 2 nitrogen and oxygen atoms in total. The van der Waals surface area contributed by atoms with Crippen molar-refractivity contribution in [1.82, 2.24) is 9.78 Å². The van der Waals surface area contributed by atoms with Crippen LogP contribution >= 0.6 is 12.6 Å². The van der Waals surface area contributed by atoms with Crippen LogP contribution in [0.1, 0.15) is 5.69 Å². The van der Waals surface area contributed by atoms with E-state index in [0.29, 0.717) is 0 Å². The number of rotatable bonds is 3. The van der Waals surface area contributed by atoms with Gasteiger partial charge in [-0.15, -0.1) is 0 Å². The minimum atomic E-state index is 0.792. The van der Waals surface area contributed by atoms with Gasteiger partial charge in [-0.1, -0.05) is 12.2 Å². The summed E-state index contributed by atoms with van der Waals surface area (Å²) in [5.74, 6) is 0.792. The Balaban J connectivity index is 2.45. The van der Waals surface area contributed by atoms with Crippen LogP contribution in [0.4, 0.5) is 0 Å². The van der Waals surface area contributed by atoms with E-state index in [2.05, 4.69) is 23.8 Å². The zero-order chi connectivity index (χ0) is 8.10. The summed E-state index contributed by atoms with van der Waals surface area (Å²) in [5.41, 5.74) is 1.06. The first-order valence-corrected chi connectivity index (χ1v) is 4.22. The van der Waals surface area contributed by atoms with Crippen LogP contribution < -0.4 is 0 Å². The van der Waals surface area contributed by atoms with Crippen LogP contribution in [-0.2, 0) is 6.54 Å². The summed E-state index contributed by atoms with van der Waals surface area (Å²) < 4.78 is 1.90. The zero-order valence-corrected chi connectivity index (χ0v) is 7.46. The molecule has 0 bridgehead atoms. The smallest absolute Gasteiger partial charge is 0.0593 e. The fourth-order valence-corrected chi connectivity index (χ4v) is 0.971. The van der Waals surface area contributed by atoms with Crippen LogP contribution in [0.15, 0.2) is 24.4 Å². The van der Waals surface area contributed by atoms with Crippen LogP contribution in [-0.4, -0.2) is 15.5 Å². The fraction of sp³-hybridized carbons (Fsp3) is 0.375. The third-order valence-corrected chi connectivity index (χ3v) is 1.55. The van der Waals surface area contributed by atoms with Crippen molar-refractivity contribution >= 4 is 12.6 Å². The van der Waals surface area contributed by atoms with Crippen molar-refractivity contribution in [3.05, 3.63) is 30.1 Å². The highest BCUT2D eigenvalue weighted by molar-refractivity contribution is 7.80. The average Bonchev–Trinajstić information content (AvgIpc) is 2.37. The lowest BCUT2D eigenvalue weighted by molar-refractivity contribution is 0.693. The molecule has 1 rings (SSSR count). The molecule has 0 spiro atoms. The number of hydrogen-bond donors (Lipinski definition) is 1. The van der Waals surface area contributed by atoms with E-state index in [4.69, 9.17) is 0 Å². The molecular weight excluding hydrogens is 156 g/mol. The van der Waals surface area contributed by atoms with E-state index in [1.165, 1.54) is 0 Å². The Kier molecular flexibility index (Phi) is 3.23. The van der Waals surface area contributed by atoms with Crippen molar-refractivity contribution in [2.24, 2.45) is 0 Å². The monoisotopic (exact) mass is 168 g/mol. The maximum Gasteiger partial charge on any atom is 0.0593 e. The average molecular weight is 168 g/mol. The van der Waals surface area contributed by atoms with Crippen molar-refractivity contribution in [3.8, 4) is 0 Å². The largest absolute Gasteiger partial charge is 0.269 e. The minimum absolute atomic E-state index is 0.792. The Hall–Kier alpha value is -0.700. The van der Waals surface area contributed by atoms with Crippen molar-refractivity contribution < 1.29 is 0 Å². The predicted molar refractivity (Wildman–Crippen MR) is 50.0 cm³/mol. The molecule has 0 radical (unpaired) electrons. The van der Waals surface area contributed by atoms with E-state index in [1.807, 2.05) is 29.9 Å². The van der Waals surface area contributed by atoms with E-state index in [-0.39, 0.29) is 0 Å². The Morgan fingerprint density at radius 3 is 3.00 bits per heavy atom. The normalized spacial score (nSPS) is 11.1. The Labute approximate surface area is 72.3 Å². The molecule has 1 aromatic rings. The molecule has 1 aromatic heterocycles. The van der Waals surface area contributed by atoms with E-state index >= 15 is 0 Å². The highest BCUT2D eigenvalue weighted by Crippen LogP contribution is 1.92. The highest BCUT2D eigenvalue weighted by atomic mass is 32.1. The molecule has 3 heteroatoms. The lowest BCUT2D eigenvalue weighted by atomic mass is 10.5. The molecular formula is C8H12N2S. The SMILES string of the molecule is Cc1ccn(C/C=C/CS)n1. The van der Waals surface area contributed by atoms with Crippen LogP contribution in [0.25, 0.3) is 0 Å². The molecule has 0 fully saturated rings. The van der Waals surface area contributed by atoms with E-state index < -0.39 is 0 Å². The van der Waals surface area contributed by atoms with Gasteiger partial charge in [0.05, 0.1) is 12.2 Å². The Morgan fingerprint density at radius 2 is 2.45 bits per heavy atom. The van der Waals surface area contributed by atoms with Gasteiger partial charge in [0.15, 0.2) is 0 Å². The molecule has 0 aromatic carbocycles. The van der Waals surface area contributed by atoms with E-state index in [1.54, 1.807) is 0 Å². The topological polar surface area (TPSA) is 17.8 Å². The first-order valence-electron chi connectivity index (χ1n) is 3.59. The standard InChI is InChI=1S/C8H12N2S/c1-8-4-6-10(9-8)5-2-3-7-11/h2-4,6,11H,5,7H2,1H3/b3-2+. The van der Waals surface area contributed by atoms with Crippen LogP contribution in [0.2, 0.25) is 0 Å². The van der Waals surface area contributed by atoms with Gasteiger partial charge in [-0.05, 0) is 13.0 Å². The third kappa shape index (κ3) is 2.80. The van der Waals surface area contributed by atoms with Gasteiger partial charge in [-0.25, -0.2) is 0 Å². The lowest BCUT2D eigenvalue weighted by Gasteiger charge is -1.92. The van der Waals surface area contributed by atoms with Gasteiger partial charge in [0.2, 0.25) is 0 Å². The molecule has 0 aliphatic rings. The van der Waals surface area contributed by atoms with Gasteiger partial charge in [0.25, 0.3) is 0 Å². The number of nitrogens with zero attached hydrogens (tertiary/aromatic N) is 2. The first-order chi connectivity index (χ1) is 5.33. The molecule has 0 aliphatic heterocycles. The number of allylic oxidation sites excluding steroid dienone is 1. The van der Waals surface area contributed by atoms with E-state index in [0.717, 1.165) is 18.0 Å². The Bertz CT molecular complexity index is 240. The minimum Gasteiger partial charge on any atom is -0.269 e. The van der Waals surface area contributed by atoms with Gasteiger partial charge >= 0.3 is 0 Å². The summed E-state index contributed by atoms with van der Waals surface area (Å²) in [4.78, 5) is 0. The zero-order valence-electron chi connectivity index (χ0n) is 6.57. The molecule has 0 amide bonds. The predicted octanol–water partition coefficient (Wildman–Crippen LogP) is 1.68. The van der Waals surface area contributed by atoms with Crippen LogP contribution in [0.3, 0.4) is 0 Å². The molecule has 0 saturated heterocycles. The summed E-state index contributed by atoms with van der Waals surface area (Å²) >= 11 is 4.06. The quantitative estimate of drug-likeness (QED) is 0.537. The van der Waals surface area contributed by atoms with Crippen molar-refractivity contribution in [3.63, 3.8) is 0 Å². The number of thiol groups is 1. The molecule has 1 heterocycles. The molecule has 0 aliphatic carbocycles. The Morgan fingerprint density at radius 1 is 1.64 bits per heavy atom. The number of aromatic nitrogens is 2. The second-order valence-corrected chi connectivity index (χ2v) is 2.70. The molecule has 0 atom stereocenters. The second-order valence-electron chi connectivity index (χ2n) is 2.33. The fourth-order valence-electron chi connectivity index (χ4n) is 0.822. The number of aryl methyl sites for hydroxylation is 1. The van der Waals surface area contributed by atoms with Gasteiger partial charge in [-0.3, -0.25) is 4.68 Å². The molecule has 11 heavy (non-hydrogen) atoms. The van der Waals surface area contributed by atoms with Crippen molar-refractivity contribution in [2.75, 3.05) is 5.75 Å². The first kappa shape index (κ1) is 8.40. The summed E-state index contributed by atoms with van der Waals surface area (Å²) in [6, 6.07) is 1.99. The summed E-state index contributed by atoms with van der Waals surface area (Å²) in [5, 5.41) is 4.22. The molecule has 60 valence electrons. The number of hydrogen-bond acceptors (Lipinski definition) is 2. The summed E-state index contributed by atoms with van der Waals surface area (Å²) in [7, 11) is 0. The van der Waals surface area contributed by atoms with Gasteiger partial charge < -0.3 is 0 Å². The molecule has 0 unspecified atom stereocenters. The molecule has 0 N–H and O–H groups in total. The molecule has 0 saturated carbocycles. The summed E-state index contributed by atoms with van der Waals surface area (Å²) in [6.07, 6.45) is 6.04. The van der Waals surface area contributed by atoms with E-state index in [9.17, 15) is 0 Å².